The number of hydrogen-bond acceptors (Lipinski definition) is 2. The molecule has 0 bridgehead atoms. The van der Waals surface area contributed by atoms with Gasteiger partial charge in [-0.1, -0.05) is 116 Å². The summed E-state index contributed by atoms with van der Waals surface area (Å²) in [6.45, 7) is 4.58. The third-order valence-corrected chi connectivity index (χ3v) is 4.39. The molecule has 0 unspecified atom stereocenters. The number of anilines is 1. The third-order valence-electron chi connectivity index (χ3n) is 4.39. The number of benzene rings is 1. The Balaban J connectivity index is 0.000000546. The van der Waals surface area contributed by atoms with E-state index in [0.29, 0.717) is 5.69 Å². The first kappa shape index (κ1) is 22.8. The Hall–Kier alpha value is -1.18. The smallest absolute Gasteiger partial charge is 0.138 e. The highest BCUT2D eigenvalue weighted by Crippen LogP contribution is 2.16. The molecule has 0 aliphatic rings. The molecule has 0 aliphatic carbocycles. The summed E-state index contributed by atoms with van der Waals surface area (Å²) in [5, 5.41) is 8.79. The van der Waals surface area contributed by atoms with Gasteiger partial charge in [0.05, 0.1) is 5.69 Å². The molecule has 1 aromatic carbocycles. The summed E-state index contributed by atoms with van der Waals surface area (Å²) in [6.07, 6.45) is 20.4. The summed E-state index contributed by atoms with van der Waals surface area (Å²) in [6, 6.07) is 6.70. The van der Waals surface area contributed by atoms with Crippen molar-refractivity contribution >= 4 is 5.69 Å². The lowest BCUT2D eigenvalue weighted by Crippen LogP contribution is -1.82. The van der Waals surface area contributed by atoms with Gasteiger partial charge in [0.25, 0.3) is 0 Å². The number of rotatable bonds is 13. The molecule has 24 heavy (non-hydrogen) atoms. The van der Waals surface area contributed by atoms with Gasteiger partial charge >= 0.3 is 0 Å². The summed E-state index contributed by atoms with van der Waals surface area (Å²) < 4.78 is 0. The zero-order chi connectivity index (χ0) is 17.9. The number of nitrogens with two attached hydrogens (primary N) is 1. The summed E-state index contributed by atoms with van der Waals surface area (Å²) in [5.74, 6) is 0.146. The fourth-order valence-electron chi connectivity index (χ4n) is 2.76. The molecule has 0 amide bonds. The summed E-state index contributed by atoms with van der Waals surface area (Å²) in [4.78, 5) is 0. The van der Waals surface area contributed by atoms with E-state index in [4.69, 9.17) is 10.8 Å². The van der Waals surface area contributed by atoms with Crippen LogP contribution in [0.2, 0.25) is 0 Å². The molecule has 0 fully saturated rings. The largest absolute Gasteiger partial charge is 0.506 e. The van der Waals surface area contributed by atoms with Gasteiger partial charge in [0, 0.05) is 0 Å². The van der Waals surface area contributed by atoms with E-state index in [1.165, 1.54) is 89.9 Å². The van der Waals surface area contributed by atoms with Crippen molar-refractivity contribution < 1.29 is 5.11 Å². The number of aromatic hydroxyl groups is 1. The lowest BCUT2D eigenvalue weighted by molar-refractivity contribution is 0.478. The topological polar surface area (TPSA) is 46.2 Å². The lowest BCUT2D eigenvalue weighted by Gasteiger charge is -2.02. The molecule has 0 radical (unpaired) electrons. The predicted molar refractivity (Wildman–Crippen MR) is 109 cm³/mol. The SMILES string of the molecule is CCCCCCCCCCCCCCCC.Nc1ccccc1O. The Morgan fingerprint density at radius 1 is 0.625 bits per heavy atom. The zero-order valence-electron chi connectivity index (χ0n) is 16.2. The van der Waals surface area contributed by atoms with Gasteiger partial charge in [-0.2, -0.15) is 0 Å². The minimum atomic E-state index is 0.146. The second-order valence-electron chi connectivity index (χ2n) is 6.80. The molecule has 1 rings (SSSR count). The van der Waals surface area contributed by atoms with Crippen molar-refractivity contribution in [2.24, 2.45) is 0 Å². The van der Waals surface area contributed by atoms with E-state index in [-0.39, 0.29) is 5.75 Å². The summed E-state index contributed by atoms with van der Waals surface area (Å²) in [5.41, 5.74) is 5.69. The number of hydrogen-bond donors (Lipinski definition) is 2. The van der Waals surface area contributed by atoms with Gasteiger partial charge in [0.2, 0.25) is 0 Å². The van der Waals surface area contributed by atoms with E-state index in [2.05, 4.69) is 13.8 Å². The van der Waals surface area contributed by atoms with E-state index >= 15 is 0 Å². The second-order valence-corrected chi connectivity index (χ2v) is 6.80. The number of phenolic OH excluding ortho intramolecular Hbond substituents is 1. The molecule has 140 valence electrons. The van der Waals surface area contributed by atoms with Gasteiger partial charge in [-0.3, -0.25) is 0 Å². The molecule has 2 nitrogen and oxygen atoms in total. The number of nitrogen functional groups attached to an aromatic ring is 1. The van der Waals surface area contributed by atoms with Crippen LogP contribution >= 0.6 is 0 Å². The molecule has 0 aromatic heterocycles. The maximum Gasteiger partial charge on any atom is 0.138 e. The van der Waals surface area contributed by atoms with E-state index in [9.17, 15) is 0 Å². The van der Waals surface area contributed by atoms with Crippen LogP contribution in [0, 0.1) is 0 Å². The van der Waals surface area contributed by atoms with Crippen molar-refractivity contribution in [3.63, 3.8) is 0 Å². The minimum absolute atomic E-state index is 0.146. The quantitative estimate of drug-likeness (QED) is 0.223. The maximum absolute atomic E-state index is 8.79. The maximum atomic E-state index is 8.79. The van der Waals surface area contributed by atoms with Crippen molar-refractivity contribution in [2.75, 3.05) is 5.73 Å². The van der Waals surface area contributed by atoms with Crippen molar-refractivity contribution in [3.8, 4) is 5.75 Å². The zero-order valence-corrected chi connectivity index (χ0v) is 16.2. The summed E-state index contributed by atoms with van der Waals surface area (Å²) in [7, 11) is 0. The normalized spacial score (nSPS) is 10.2. The van der Waals surface area contributed by atoms with Crippen molar-refractivity contribution in [3.05, 3.63) is 24.3 Å². The molecule has 0 heterocycles. The van der Waals surface area contributed by atoms with Gasteiger partial charge in [-0.15, -0.1) is 0 Å². The van der Waals surface area contributed by atoms with E-state index in [1.54, 1.807) is 24.3 Å². The number of phenols is 1. The lowest BCUT2D eigenvalue weighted by atomic mass is 10.0. The van der Waals surface area contributed by atoms with Crippen LogP contribution in [0.5, 0.6) is 5.75 Å². The highest BCUT2D eigenvalue weighted by Gasteiger charge is 1.93. The fraction of sp³-hybridized carbons (Fsp3) is 0.727. The molecular formula is C22H41NO. The second kappa shape index (κ2) is 18.2. The highest BCUT2D eigenvalue weighted by atomic mass is 16.3. The van der Waals surface area contributed by atoms with Crippen LogP contribution in [0.1, 0.15) is 104 Å². The molecule has 0 spiro atoms. The van der Waals surface area contributed by atoms with Gasteiger partial charge in [0.1, 0.15) is 5.75 Å². The first-order chi connectivity index (χ1) is 11.7. The Morgan fingerprint density at radius 3 is 1.21 bits per heavy atom. The Labute approximate surface area is 150 Å². The molecule has 2 heteroatoms. The number of unbranched alkanes of at least 4 members (excludes halogenated alkanes) is 13. The Bertz CT molecular complexity index is 330. The molecule has 3 N–H and O–H groups in total. The van der Waals surface area contributed by atoms with E-state index < -0.39 is 0 Å². The Kier molecular flexibility index (Phi) is 17.3. The molecule has 0 saturated heterocycles. The molecule has 0 saturated carbocycles. The van der Waals surface area contributed by atoms with Crippen molar-refractivity contribution in [1.82, 2.24) is 0 Å². The predicted octanol–water partition coefficient (Wildman–Crippen LogP) is 7.46. The highest BCUT2D eigenvalue weighted by molar-refractivity contribution is 5.50. The monoisotopic (exact) mass is 335 g/mol. The van der Waals surface area contributed by atoms with E-state index in [1.807, 2.05) is 0 Å². The minimum Gasteiger partial charge on any atom is -0.506 e. The van der Waals surface area contributed by atoms with Crippen molar-refractivity contribution in [1.29, 1.82) is 0 Å². The van der Waals surface area contributed by atoms with Crippen LogP contribution in [0.3, 0.4) is 0 Å². The molecule has 0 atom stereocenters. The van der Waals surface area contributed by atoms with Crippen molar-refractivity contribution in [2.45, 2.75) is 104 Å². The van der Waals surface area contributed by atoms with Gasteiger partial charge < -0.3 is 10.8 Å². The summed E-state index contributed by atoms with van der Waals surface area (Å²) >= 11 is 0. The number of para-hydroxylation sites is 2. The van der Waals surface area contributed by atoms with Gasteiger partial charge in [0.15, 0.2) is 0 Å². The van der Waals surface area contributed by atoms with E-state index in [0.717, 1.165) is 0 Å². The van der Waals surface area contributed by atoms with Gasteiger partial charge in [-0.25, -0.2) is 0 Å². The standard InChI is InChI=1S/C16H34.C6H7NO/c1-3-5-7-9-11-13-15-16-14-12-10-8-6-4-2;7-5-3-1-2-4-6(5)8/h3-16H2,1-2H3;1-4,8H,7H2. The average molecular weight is 336 g/mol. The first-order valence-corrected chi connectivity index (χ1v) is 10.3. The van der Waals surface area contributed by atoms with Crippen LogP contribution in [0.15, 0.2) is 24.3 Å². The average Bonchev–Trinajstić information content (AvgIpc) is 2.59. The van der Waals surface area contributed by atoms with Gasteiger partial charge in [-0.05, 0) is 12.1 Å². The fourth-order valence-corrected chi connectivity index (χ4v) is 2.76. The van der Waals surface area contributed by atoms with Crippen LogP contribution in [-0.2, 0) is 0 Å². The van der Waals surface area contributed by atoms with Crippen LogP contribution in [0.4, 0.5) is 5.69 Å². The van der Waals surface area contributed by atoms with Crippen LogP contribution < -0.4 is 5.73 Å². The molecular weight excluding hydrogens is 294 g/mol. The molecule has 1 aromatic rings. The third kappa shape index (κ3) is 15.7. The Morgan fingerprint density at radius 2 is 0.958 bits per heavy atom. The van der Waals surface area contributed by atoms with Crippen LogP contribution in [0.25, 0.3) is 0 Å². The first-order valence-electron chi connectivity index (χ1n) is 10.3. The van der Waals surface area contributed by atoms with Crippen LogP contribution in [-0.4, -0.2) is 5.11 Å². The molecule has 0 aliphatic heterocycles.